The minimum absolute atomic E-state index is 0.0241. The monoisotopic (exact) mass is 323 g/mol. The highest BCUT2D eigenvalue weighted by Gasteiger charge is 2.15. The molecule has 0 bridgehead atoms. The van der Waals surface area contributed by atoms with Crippen molar-refractivity contribution in [3.63, 3.8) is 0 Å². The number of sulfonamides is 1. The topological polar surface area (TPSA) is 96.0 Å². The summed E-state index contributed by atoms with van der Waals surface area (Å²) in [4.78, 5) is 7.74. The fourth-order valence-electron chi connectivity index (χ4n) is 1.44. The average Bonchev–Trinajstić information content (AvgIpc) is 2.48. The number of rotatable bonds is 4. The molecular formula is C12H13N5O2S2. The second-order valence-electron chi connectivity index (χ2n) is 3.91. The minimum Gasteiger partial charge on any atom is -0.366 e. The highest BCUT2D eigenvalue weighted by molar-refractivity contribution is 7.92. The lowest BCUT2D eigenvalue weighted by molar-refractivity contribution is 0.601. The number of hydrogen-bond donors (Lipinski definition) is 3. The number of aromatic nitrogens is 2. The van der Waals surface area contributed by atoms with E-state index in [0.29, 0.717) is 10.8 Å². The van der Waals surface area contributed by atoms with Crippen molar-refractivity contribution in [3.8, 4) is 0 Å². The number of anilines is 2. The van der Waals surface area contributed by atoms with Gasteiger partial charge in [0.05, 0.1) is 4.90 Å². The number of hydrogen-bond acceptors (Lipinski definition) is 5. The van der Waals surface area contributed by atoms with Crippen LogP contribution in [-0.4, -0.2) is 30.5 Å². The smallest absolute Gasteiger partial charge is 0.264 e. The summed E-state index contributed by atoms with van der Waals surface area (Å²) in [5, 5.41) is 6.11. The fraction of sp³-hybridized carbons (Fsp3) is 0.0833. The predicted octanol–water partition coefficient (Wildman–Crippen LogP) is 1.19. The zero-order valence-corrected chi connectivity index (χ0v) is 12.7. The SMILES string of the molecule is CNC(=S)Nc1ccc(S(=O)(=O)Nc2ncccn2)cc1. The Labute approximate surface area is 127 Å². The van der Waals surface area contributed by atoms with Crippen LogP contribution in [0.4, 0.5) is 11.6 Å². The summed E-state index contributed by atoms with van der Waals surface area (Å²) in [7, 11) is -2.02. The first kappa shape index (κ1) is 15.1. The van der Waals surface area contributed by atoms with E-state index < -0.39 is 10.0 Å². The first-order valence-corrected chi connectivity index (χ1v) is 7.79. The Morgan fingerprint density at radius 3 is 2.33 bits per heavy atom. The van der Waals surface area contributed by atoms with Gasteiger partial charge in [-0.25, -0.2) is 23.1 Å². The highest BCUT2D eigenvalue weighted by atomic mass is 32.2. The van der Waals surface area contributed by atoms with E-state index in [2.05, 4.69) is 25.3 Å². The van der Waals surface area contributed by atoms with E-state index in [-0.39, 0.29) is 10.8 Å². The van der Waals surface area contributed by atoms with Crippen LogP contribution in [-0.2, 0) is 10.0 Å². The molecule has 3 N–H and O–H groups in total. The van der Waals surface area contributed by atoms with Crippen LogP contribution in [0.15, 0.2) is 47.6 Å². The van der Waals surface area contributed by atoms with Crippen LogP contribution in [0.3, 0.4) is 0 Å². The number of nitrogens with one attached hydrogen (secondary N) is 3. The van der Waals surface area contributed by atoms with Gasteiger partial charge in [-0.15, -0.1) is 0 Å². The number of nitrogens with zero attached hydrogens (tertiary/aromatic N) is 2. The Kier molecular flexibility index (Phi) is 4.66. The zero-order chi connectivity index (χ0) is 15.3. The van der Waals surface area contributed by atoms with Crippen LogP contribution in [0.5, 0.6) is 0 Å². The van der Waals surface area contributed by atoms with Gasteiger partial charge < -0.3 is 10.6 Å². The van der Waals surface area contributed by atoms with E-state index in [0.717, 1.165) is 0 Å². The Balaban J connectivity index is 2.15. The van der Waals surface area contributed by atoms with Crippen LogP contribution in [0.25, 0.3) is 0 Å². The van der Waals surface area contributed by atoms with Gasteiger partial charge in [-0.05, 0) is 42.5 Å². The first-order chi connectivity index (χ1) is 10.0. The van der Waals surface area contributed by atoms with Crippen LogP contribution >= 0.6 is 12.2 Å². The van der Waals surface area contributed by atoms with E-state index >= 15 is 0 Å². The summed E-state index contributed by atoms with van der Waals surface area (Å²) in [6.07, 6.45) is 2.91. The molecule has 2 aromatic rings. The lowest BCUT2D eigenvalue weighted by atomic mass is 10.3. The Morgan fingerprint density at radius 1 is 1.14 bits per heavy atom. The summed E-state index contributed by atoms with van der Waals surface area (Å²) in [5.41, 5.74) is 0.685. The van der Waals surface area contributed by atoms with Gasteiger partial charge in [0.1, 0.15) is 0 Å². The second-order valence-corrected chi connectivity index (χ2v) is 6.00. The van der Waals surface area contributed by atoms with Crippen molar-refractivity contribution >= 4 is 39.0 Å². The molecule has 21 heavy (non-hydrogen) atoms. The van der Waals surface area contributed by atoms with Gasteiger partial charge in [-0.1, -0.05) is 0 Å². The molecular weight excluding hydrogens is 310 g/mol. The maximum Gasteiger partial charge on any atom is 0.264 e. The second kappa shape index (κ2) is 6.46. The third-order valence-corrected chi connectivity index (χ3v) is 4.09. The molecule has 0 atom stereocenters. The van der Waals surface area contributed by atoms with E-state index in [1.54, 1.807) is 25.2 Å². The van der Waals surface area contributed by atoms with Crippen molar-refractivity contribution in [2.45, 2.75) is 4.90 Å². The molecule has 0 unspecified atom stereocenters. The van der Waals surface area contributed by atoms with Crippen molar-refractivity contribution in [3.05, 3.63) is 42.7 Å². The van der Waals surface area contributed by atoms with Gasteiger partial charge in [0.25, 0.3) is 10.0 Å². The summed E-state index contributed by atoms with van der Waals surface area (Å²) in [5.74, 6) is 0.0241. The maximum atomic E-state index is 12.1. The van der Waals surface area contributed by atoms with Gasteiger partial charge in [-0.2, -0.15) is 0 Å². The fourth-order valence-corrected chi connectivity index (χ4v) is 2.52. The van der Waals surface area contributed by atoms with Gasteiger partial charge in [0.2, 0.25) is 5.95 Å². The van der Waals surface area contributed by atoms with Crippen LogP contribution in [0.1, 0.15) is 0 Å². The standard InChI is InChI=1S/C12H13N5O2S2/c1-13-12(20)16-9-3-5-10(6-4-9)21(18,19)17-11-14-7-2-8-15-11/h2-8H,1H3,(H2,13,16,20)(H,14,15,17). The lowest BCUT2D eigenvalue weighted by Gasteiger charge is -2.09. The van der Waals surface area contributed by atoms with E-state index in [1.165, 1.54) is 24.5 Å². The van der Waals surface area contributed by atoms with Crippen LogP contribution < -0.4 is 15.4 Å². The van der Waals surface area contributed by atoms with Crippen LogP contribution in [0.2, 0.25) is 0 Å². The van der Waals surface area contributed by atoms with Crippen LogP contribution in [0, 0.1) is 0 Å². The lowest BCUT2D eigenvalue weighted by Crippen LogP contribution is -2.24. The molecule has 0 radical (unpaired) electrons. The predicted molar refractivity (Wildman–Crippen MR) is 84.6 cm³/mol. The summed E-state index contributed by atoms with van der Waals surface area (Å²) >= 11 is 4.96. The number of thiocarbonyl (C=S) groups is 1. The molecule has 9 heteroatoms. The summed E-state index contributed by atoms with van der Waals surface area (Å²) < 4.78 is 26.6. The normalized spacial score (nSPS) is 10.7. The average molecular weight is 323 g/mol. The van der Waals surface area contributed by atoms with Gasteiger partial charge >= 0.3 is 0 Å². The highest BCUT2D eigenvalue weighted by Crippen LogP contribution is 2.16. The Hall–Kier alpha value is -2.26. The van der Waals surface area contributed by atoms with Crippen molar-refractivity contribution < 1.29 is 8.42 Å². The molecule has 0 aliphatic carbocycles. The molecule has 7 nitrogen and oxygen atoms in total. The van der Waals surface area contributed by atoms with Gasteiger partial charge in [0.15, 0.2) is 5.11 Å². The van der Waals surface area contributed by atoms with Crippen molar-refractivity contribution in [1.29, 1.82) is 0 Å². The summed E-state index contributed by atoms with van der Waals surface area (Å²) in [6.45, 7) is 0. The third-order valence-electron chi connectivity index (χ3n) is 2.44. The summed E-state index contributed by atoms with van der Waals surface area (Å²) in [6, 6.07) is 7.76. The maximum absolute atomic E-state index is 12.1. The largest absolute Gasteiger partial charge is 0.366 e. The molecule has 0 amide bonds. The molecule has 110 valence electrons. The Bertz CT molecular complexity index is 717. The minimum atomic E-state index is -3.72. The molecule has 2 rings (SSSR count). The molecule has 0 aliphatic heterocycles. The third kappa shape index (κ3) is 4.10. The van der Waals surface area contributed by atoms with Crippen molar-refractivity contribution in [1.82, 2.24) is 15.3 Å². The Morgan fingerprint density at radius 2 is 1.76 bits per heavy atom. The van der Waals surface area contributed by atoms with Crippen molar-refractivity contribution in [2.24, 2.45) is 0 Å². The van der Waals surface area contributed by atoms with Gasteiger partial charge in [-0.3, -0.25) is 0 Å². The van der Waals surface area contributed by atoms with Crippen molar-refractivity contribution in [2.75, 3.05) is 17.1 Å². The van der Waals surface area contributed by atoms with E-state index in [4.69, 9.17) is 12.2 Å². The molecule has 1 aromatic carbocycles. The van der Waals surface area contributed by atoms with E-state index in [1.807, 2.05) is 0 Å². The molecule has 1 aromatic heterocycles. The quantitative estimate of drug-likeness (QED) is 0.727. The molecule has 0 saturated carbocycles. The van der Waals surface area contributed by atoms with E-state index in [9.17, 15) is 8.42 Å². The molecule has 0 fully saturated rings. The molecule has 0 saturated heterocycles. The first-order valence-electron chi connectivity index (χ1n) is 5.90. The molecule has 0 aliphatic rings. The molecule has 1 heterocycles. The number of benzene rings is 1. The zero-order valence-electron chi connectivity index (χ0n) is 11.1. The van der Waals surface area contributed by atoms with Gasteiger partial charge in [0, 0.05) is 25.1 Å². The molecule has 0 spiro atoms.